The second-order valence-corrected chi connectivity index (χ2v) is 4.92. The smallest absolute Gasteiger partial charge is 0.321 e. The monoisotopic (exact) mass is 247 g/mol. The van der Waals surface area contributed by atoms with Crippen LogP contribution in [0.1, 0.15) is 19.3 Å². The number of nitrogens with one attached hydrogen (secondary N) is 1. The molecule has 0 spiro atoms. The number of benzene rings is 1. The van der Waals surface area contributed by atoms with Gasteiger partial charge in [0.05, 0.1) is 0 Å². The Morgan fingerprint density at radius 1 is 1.11 bits per heavy atom. The molecule has 0 aliphatic carbocycles. The van der Waals surface area contributed by atoms with E-state index >= 15 is 0 Å². The van der Waals surface area contributed by atoms with E-state index in [1.54, 1.807) is 14.1 Å². The quantitative estimate of drug-likeness (QED) is 0.872. The molecule has 4 nitrogen and oxygen atoms in total. The number of urea groups is 1. The van der Waals surface area contributed by atoms with Gasteiger partial charge < -0.3 is 15.1 Å². The van der Waals surface area contributed by atoms with E-state index in [-0.39, 0.29) is 6.03 Å². The van der Waals surface area contributed by atoms with Gasteiger partial charge in [-0.2, -0.15) is 0 Å². The highest BCUT2D eigenvalue weighted by Crippen LogP contribution is 2.21. The van der Waals surface area contributed by atoms with Crippen LogP contribution < -0.4 is 10.2 Å². The minimum Gasteiger partial charge on any atom is -0.372 e. The average molecular weight is 247 g/mol. The number of piperidine rings is 1. The molecule has 2 amide bonds. The second kappa shape index (κ2) is 5.76. The molecule has 2 rings (SSSR count). The van der Waals surface area contributed by atoms with Crippen molar-refractivity contribution in [2.45, 2.75) is 19.3 Å². The minimum absolute atomic E-state index is 0.0966. The predicted octanol–water partition coefficient (Wildman–Crippen LogP) is 2.77. The van der Waals surface area contributed by atoms with Crippen LogP contribution in [0.15, 0.2) is 24.3 Å². The normalized spacial score (nSPS) is 15.3. The van der Waals surface area contributed by atoms with E-state index in [2.05, 4.69) is 22.3 Å². The van der Waals surface area contributed by atoms with E-state index in [1.807, 2.05) is 12.1 Å². The zero-order chi connectivity index (χ0) is 13.0. The Kier molecular flexibility index (Phi) is 4.07. The van der Waals surface area contributed by atoms with E-state index < -0.39 is 0 Å². The summed E-state index contributed by atoms with van der Waals surface area (Å²) in [7, 11) is 3.47. The number of carbonyl (C=O) groups is 1. The van der Waals surface area contributed by atoms with E-state index in [1.165, 1.54) is 29.8 Å². The van der Waals surface area contributed by atoms with Crippen LogP contribution in [0.5, 0.6) is 0 Å². The molecule has 1 fully saturated rings. The van der Waals surface area contributed by atoms with Crippen LogP contribution in [0.25, 0.3) is 0 Å². The number of carbonyl (C=O) groups excluding carboxylic acids is 1. The third-order valence-corrected chi connectivity index (χ3v) is 3.25. The van der Waals surface area contributed by atoms with Crippen LogP contribution >= 0.6 is 0 Å². The molecule has 1 saturated heterocycles. The van der Waals surface area contributed by atoms with Crippen molar-refractivity contribution in [3.05, 3.63) is 24.3 Å². The SMILES string of the molecule is CN(C)C(=O)Nc1ccc(N2CCCCC2)cc1. The van der Waals surface area contributed by atoms with Crippen LogP contribution in [-0.4, -0.2) is 38.1 Å². The summed E-state index contributed by atoms with van der Waals surface area (Å²) < 4.78 is 0. The number of nitrogens with zero attached hydrogens (tertiary/aromatic N) is 2. The molecule has 1 heterocycles. The van der Waals surface area contributed by atoms with Gasteiger partial charge in [-0.3, -0.25) is 0 Å². The van der Waals surface area contributed by atoms with Crippen LogP contribution in [0.4, 0.5) is 16.2 Å². The Morgan fingerprint density at radius 2 is 1.72 bits per heavy atom. The first kappa shape index (κ1) is 12.7. The van der Waals surface area contributed by atoms with Crippen molar-refractivity contribution in [3.8, 4) is 0 Å². The Hall–Kier alpha value is -1.71. The zero-order valence-electron chi connectivity index (χ0n) is 11.1. The minimum atomic E-state index is -0.0966. The fraction of sp³-hybridized carbons (Fsp3) is 0.500. The molecule has 1 aliphatic heterocycles. The topological polar surface area (TPSA) is 35.6 Å². The van der Waals surface area contributed by atoms with Crippen LogP contribution in [0.3, 0.4) is 0 Å². The number of amides is 2. The highest BCUT2D eigenvalue weighted by atomic mass is 16.2. The summed E-state index contributed by atoms with van der Waals surface area (Å²) in [4.78, 5) is 15.4. The lowest BCUT2D eigenvalue weighted by molar-refractivity contribution is 0.230. The molecule has 0 saturated carbocycles. The van der Waals surface area contributed by atoms with Gasteiger partial charge in [0, 0.05) is 38.6 Å². The van der Waals surface area contributed by atoms with Gasteiger partial charge in [-0.15, -0.1) is 0 Å². The maximum atomic E-state index is 11.5. The summed E-state index contributed by atoms with van der Waals surface area (Å²) >= 11 is 0. The van der Waals surface area contributed by atoms with Gasteiger partial charge in [0.25, 0.3) is 0 Å². The van der Waals surface area contributed by atoms with Gasteiger partial charge in [-0.25, -0.2) is 4.79 Å². The van der Waals surface area contributed by atoms with Crippen molar-refractivity contribution in [2.24, 2.45) is 0 Å². The lowest BCUT2D eigenvalue weighted by atomic mass is 10.1. The van der Waals surface area contributed by atoms with Gasteiger partial charge in [-0.05, 0) is 43.5 Å². The van der Waals surface area contributed by atoms with Crippen molar-refractivity contribution in [2.75, 3.05) is 37.4 Å². The van der Waals surface area contributed by atoms with Crippen molar-refractivity contribution < 1.29 is 4.79 Å². The van der Waals surface area contributed by atoms with Gasteiger partial charge in [0.2, 0.25) is 0 Å². The third-order valence-electron chi connectivity index (χ3n) is 3.25. The molecule has 1 aromatic rings. The highest BCUT2D eigenvalue weighted by Gasteiger charge is 2.11. The Labute approximate surface area is 109 Å². The third kappa shape index (κ3) is 3.15. The van der Waals surface area contributed by atoms with Crippen molar-refractivity contribution in [1.29, 1.82) is 0 Å². The summed E-state index contributed by atoms with van der Waals surface area (Å²) in [5.74, 6) is 0. The summed E-state index contributed by atoms with van der Waals surface area (Å²) in [6.07, 6.45) is 3.89. The Morgan fingerprint density at radius 3 is 2.28 bits per heavy atom. The van der Waals surface area contributed by atoms with Gasteiger partial charge in [0.1, 0.15) is 0 Å². The molecule has 0 bridgehead atoms. The van der Waals surface area contributed by atoms with Gasteiger partial charge >= 0.3 is 6.03 Å². The van der Waals surface area contributed by atoms with E-state index in [0.717, 1.165) is 18.8 Å². The molecule has 18 heavy (non-hydrogen) atoms. The summed E-state index contributed by atoms with van der Waals surface area (Å²) in [6, 6.07) is 7.99. The predicted molar refractivity (Wildman–Crippen MR) is 75.2 cm³/mol. The zero-order valence-corrected chi connectivity index (χ0v) is 11.1. The first-order valence-corrected chi connectivity index (χ1v) is 6.50. The molecule has 98 valence electrons. The average Bonchev–Trinajstić information content (AvgIpc) is 2.40. The first-order chi connectivity index (χ1) is 8.66. The van der Waals surface area contributed by atoms with Crippen LogP contribution in [0.2, 0.25) is 0 Å². The standard InChI is InChI=1S/C14H21N3O/c1-16(2)14(18)15-12-6-8-13(9-7-12)17-10-4-3-5-11-17/h6-9H,3-5,10-11H2,1-2H3,(H,15,18). The lowest BCUT2D eigenvalue weighted by Gasteiger charge is -2.28. The fourth-order valence-corrected chi connectivity index (χ4v) is 2.14. The van der Waals surface area contributed by atoms with E-state index in [4.69, 9.17) is 0 Å². The van der Waals surface area contributed by atoms with Crippen molar-refractivity contribution in [1.82, 2.24) is 4.90 Å². The maximum absolute atomic E-state index is 11.5. The highest BCUT2D eigenvalue weighted by molar-refractivity contribution is 5.89. The largest absolute Gasteiger partial charge is 0.372 e. The molecule has 1 aromatic carbocycles. The molecule has 1 N–H and O–H groups in total. The Balaban J connectivity index is 1.98. The molecule has 4 heteroatoms. The molecular weight excluding hydrogens is 226 g/mol. The number of anilines is 2. The van der Waals surface area contributed by atoms with Crippen LogP contribution in [0, 0.1) is 0 Å². The van der Waals surface area contributed by atoms with E-state index in [9.17, 15) is 4.79 Å². The molecule has 0 aromatic heterocycles. The summed E-state index contributed by atoms with van der Waals surface area (Å²) in [5, 5.41) is 2.84. The maximum Gasteiger partial charge on any atom is 0.321 e. The van der Waals surface area contributed by atoms with Crippen LogP contribution in [-0.2, 0) is 0 Å². The van der Waals surface area contributed by atoms with Crippen molar-refractivity contribution in [3.63, 3.8) is 0 Å². The lowest BCUT2D eigenvalue weighted by Crippen LogP contribution is -2.29. The number of rotatable bonds is 2. The molecule has 0 radical (unpaired) electrons. The van der Waals surface area contributed by atoms with E-state index in [0.29, 0.717) is 0 Å². The Bertz CT molecular complexity index is 394. The molecule has 0 unspecified atom stereocenters. The summed E-state index contributed by atoms with van der Waals surface area (Å²) in [6.45, 7) is 2.28. The van der Waals surface area contributed by atoms with Gasteiger partial charge in [-0.1, -0.05) is 0 Å². The molecule has 0 atom stereocenters. The molecule has 1 aliphatic rings. The van der Waals surface area contributed by atoms with Crippen molar-refractivity contribution >= 4 is 17.4 Å². The summed E-state index contributed by atoms with van der Waals surface area (Å²) in [5.41, 5.74) is 2.09. The molecular formula is C14H21N3O. The van der Waals surface area contributed by atoms with Gasteiger partial charge in [0.15, 0.2) is 0 Å². The fourth-order valence-electron chi connectivity index (χ4n) is 2.14. The number of hydrogen-bond acceptors (Lipinski definition) is 2. The second-order valence-electron chi connectivity index (χ2n) is 4.92. The first-order valence-electron chi connectivity index (χ1n) is 6.50. The number of hydrogen-bond donors (Lipinski definition) is 1.